The molecule has 1 atom stereocenters. The molecule has 1 aliphatic rings. The van der Waals surface area contributed by atoms with Crippen molar-refractivity contribution >= 4 is 77.1 Å². The summed E-state index contributed by atoms with van der Waals surface area (Å²) in [5.41, 5.74) is 14.2. The van der Waals surface area contributed by atoms with Gasteiger partial charge in [0.15, 0.2) is 0 Å². The largest absolute Gasteiger partial charge is 3.00 e. The van der Waals surface area contributed by atoms with Gasteiger partial charge in [-0.3, -0.25) is 0 Å². The van der Waals surface area contributed by atoms with Gasteiger partial charge in [-0.2, -0.15) is 23.5 Å². The SMILES string of the molecule is CC(C)Cc1cc(-c2[c-]cccc2F)nc[c]1[Ge]([CH3])([CH3])[CH3].Cc1cccc(C)c1-c1ccc2c(n1)sc1c(C3[N-]c4ccc5ccccc5c4N3c3ccc(C(C)C)cc3)[c-]cc(C)c12.[Ir+3]. The number of nitrogens with zero attached hydrogens (tertiary/aromatic N) is 4. The van der Waals surface area contributed by atoms with Gasteiger partial charge >= 0.3 is 150 Å². The van der Waals surface area contributed by atoms with Crippen molar-refractivity contribution in [1.29, 1.82) is 0 Å². The van der Waals surface area contributed by atoms with E-state index in [-0.39, 0.29) is 32.1 Å². The molecule has 3 aromatic heterocycles. The Labute approximate surface area is 410 Å². The zero-order valence-electron chi connectivity index (χ0n) is 39.5. The van der Waals surface area contributed by atoms with E-state index >= 15 is 0 Å². The number of hydrogen-bond acceptors (Lipinski definition) is 4. The number of anilines is 2. The van der Waals surface area contributed by atoms with E-state index < -0.39 is 13.3 Å². The molecule has 0 saturated carbocycles. The van der Waals surface area contributed by atoms with Crippen molar-refractivity contribution in [3.05, 3.63) is 184 Å². The maximum absolute atomic E-state index is 13.9. The topological polar surface area (TPSA) is 43.1 Å². The predicted octanol–water partition coefficient (Wildman–Crippen LogP) is 16.4. The van der Waals surface area contributed by atoms with Crippen LogP contribution in [0.25, 0.3) is 58.9 Å². The summed E-state index contributed by atoms with van der Waals surface area (Å²) in [7, 11) is 0. The molecule has 0 amide bonds. The van der Waals surface area contributed by atoms with Crippen molar-refractivity contribution in [3.8, 4) is 22.5 Å². The van der Waals surface area contributed by atoms with Crippen molar-refractivity contribution < 1.29 is 24.5 Å². The van der Waals surface area contributed by atoms with E-state index in [1.165, 1.54) is 70.1 Å². The van der Waals surface area contributed by atoms with E-state index in [1.807, 2.05) is 6.20 Å². The molecule has 4 heterocycles. The van der Waals surface area contributed by atoms with Crippen LogP contribution in [-0.2, 0) is 26.5 Å². The van der Waals surface area contributed by atoms with Gasteiger partial charge in [0, 0.05) is 22.3 Å². The van der Waals surface area contributed by atoms with Gasteiger partial charge in [-0.05, 0) is 71.6 Å². The van der Waals surface area contributed by atoms with Crippen LogP contribution in [0.3, 0.4) is 0 Å². The molecular formula is C58H56FGeIrN4S. The summed E-state index contributed by atoms with van der Waals surface area (Å²) < 4.78 is 16.6. The quantitative estimate of drug-likeness (QED) is 0.112. The molecule has 0 aliphatic carbocycles. The Balaban J connectivity index is 0.000000228. The molecule has 0 radical (unpaired) electrons. The normalized spacial score (nSPS) is 13.5. The smallest absolute Gasteiger partial charge is 0.661 e. The summed E-state index contributed by atoms with van der Waals surface area (Å²) in [6.45, 7) is 15.4. The van der Waals surface area contributed by atoms with Crippen LogP contribution in [0.5, 0.6) is 0 Å². The Morgan fingerprint density at radius 2 is 1.53 bits per heavy atom. The van der Waals surface area contributed by atoms with E-state index in [0.29, 0.717) is 23.1 Å². The Morgan fingerprint density at radius 1 is 0.788 bits per heavy atom. The molecule has 0 spiro atoms. The first-order valence-corrected chi connectivity index (χ1v) is 30.9. The monoisotopic (exact) mass is 1130 g/mol. The fraction of sp³-hybridized carbons (Fsp3) is 0.241. The molecule has 6 aromatic carbocycles. The number of thiophene rings is 1. The van der Waals surface area contributed by atoms with E-state index in [2.05, 4.69) is 191 Å². The molecule has 0 N–H and O–H groups in total. The van der Waals surface area contributed by atoms with Gasteiger partial charge < -0.3 is 10.2 Å². The fourth-order valence-electron chi connectivity index (χ4n) is 9.36. The van der Waals surface area contributed by atoms with Crippen molar-refractivity contribution in [1.82, 2.24) is 9.97 Å². The molecule has 66 heavy (non-hydrogen) atoms. The Hall–Kier alpha value is -5.18. The molecule has 334 valence electrons. The second-order valence-corrected chi connectivity index (χ2v) is 30.8. The van der Waals surface area contributed by atoms with Gasteiger partial charge in [-0.25, -0.2) is 4.98 Å². The van der Waals surface area contributed by atoms with Crippen LogP contribution in [0, 0.1) is 44.6 Å². The second kappa shape index (κ2) is 19.2. The summed E-state index contributed by atoms with van der Waals surface area (Å²) in [6.07, 6.45) is 2.75. The third-order valence-electron chi connectivity index (χ3n) is 12.6. The minimum atomic E-state index is -1.97. The predicted molar refractivity (Wildman–Crippen MR) is 278 cm³/mol. The van der Waals surface area contributed by atoms with E-state index in [0.717, 1.165) is 39.6 Å². The minimum absolute atomic E-state index is 0. The molecular weight excluding hydrogens is 1070 g/mol. The number of pyridine rings is 2. The summed E-state index contributed by atoms with van der Waals surface area (Å²) >= 11 is -0.202. The zero-order chi connectivity index (χ0) is 45.7. The average molecular weight is 1130 g/mol. The van der Waals surface area contributed by atoms with Crippen LogP contribution < -0.4 is 9.30 Å². The van der Waals surface area contributed by atoms with E-state index in [9.17, 15) is 4.39 Å². The van der Waals surface area contributed by atoms with Crippen LogP contribution in [-0.4, -0.2) is 23.2 Å². The van der Waals surface area contributed by atoms with E-state index in [1.54, 1.807) is 23.5 Å². The third kappa shape index (κ3) is 9.12. The van der Waals surface area contributed by atoms with Crippen LogP contribution in [0.2, 0.25) is 17.3 Å². The Bertz CT molecular complexity index is 3200. The zero-order valence-corrected chi connectivity index (χ0v) is 44.8. The Morgan fingerprint density at radius 3 is 2.23 bits per heavy atom. The van der Waals surface area contributed by atoms with Crippen molar-refractivity contribution in [2.24, 2.45) is 5.92 Å². The summed E-state index contributed by atoms with van der Waals surface area (Å²) in [4.78, 5) is 13.2. The molecule has 0 bridgehead atoms. The molecule has 10 rings (SSSR count). The molecule has 0 fully saturated rings. The molecule has 9 aromatic rings. The van der Waals surface area contributed by atoms with Gasteiger partial charge in [0.05, 0.1) is 5.69 Å². The standard InChI is InChI=1S/C40H33N3S.C18H23FGeN.Ir/c1-23(2)27-14-17-29(18-15-27)43-37-30-12-7-6-11-28(30)16-21-34(37)41-39(43)32-19-13-26(5)36-31-20-22-33(42-40(31)44-38(32)36)35-24(3)9-8-10-25(35)4;1-13(2)10-14-11-18(15-8-6-7-9-16(15)19)21-12-17(14)20(3,4)5;/h6-18,20-23,39H,1-5H3;6-7,9,11-13H,10H2,1-5H3;/q-2;-1;+3. The van der Waals surface area contributed by atoms with Gasteiger partial charge in [0.25, 0.3) is 0 Å². The van der Waals surface area contributed by atoms with Gasteiger partial charge in [-0.1, -0.05) is 98.3 Å². The summed E-state index contributed by atoms with van der Waals surface area (Å²) in [5.74, 6) is 7.90. The molecule has 1 unspecified atom stereocenters. The second-order valence-electron chi connectivity index (χ2n) is 19.2. The fourth-order valence-corrected chi connectivity index (χ4v) is 14.0. The summed E-state index contributed by atoms with van der Waals surface area (Å²) in [5, 5.41) is 10.3. The number of rotatable bonds is 8. The van der Waals surface area contributed by atoms with E-state index in [4.69, 9.17) is 10.3 Å². The van der Waals surface area contributed by atoms with Crippen LogP contribution >= 0.6 is 11.3 Å². The van der Waals surface area contributed by atoms with Gasteiger partial charge in [0.2, 0.25) is 0 Å². The summed E-state index contributed by atoms with van der Waals surface area (Å²) in [6, 6.07) is 48.6. The first-order valence-electron chi connectivity index (χ1n) is 22.8. The van der Waals surface area contributed by atoms with Gasteiger partial charge in [-0.15, -0.1) is 22.2 Å². The minimum Gasteiger partial charge on any atom is -0.661 e. The van der Waals surface area contributed by atoms with Crippen LogP contribution in [0.1, 0.15) is 73.2 Å². The number of halogens is 1. The number of aromatic nitrogens is 2. The number of fused-ring (bicyclic) bond motifs is 6. The maximum atomic E-state index is 13.9. The van der Waals surface area contributed by atoms with Crippen molar-refractivity contribution in [2.45, 2.75) is 84.2 Å². The Kier molecular flexibility index (Phi) is 13.8. The number of benzene rings is 6. The van der Waals surface area contributed by atoms with Crippen LogP contribution in [0.4, 0.5) is 21.5 Å². The van der Waals surface area contributed by atoms with Gasteiger partial charge in [0.1, 0.15) is 4.83 Å². The average Bonchev–Trinajstić information content (AvgIpc) is 3.86. The number of hydrogen-bond donors (Lipinski definition) is 0. The molecule has 4 nitrogen and oxygen atoms in total. The molecule has 0 saturated heterocycles. The van der Waals surface area contributed by atoms with Crippen molar-refractivity contribution in [3.63, 3.8) is 0 Å². The number of aryl methyl sites for hydroxylation is 3. The third-order valence-corrected chi connectivity index (χ3v) is 18.1. The molecule has 8 heteroatoms. The first-order chi connectivity index (χ1) is 31.2. The maximum Gasteiger partial charge on any atom is 3.00 e. The first kappa shape index (κ1) is 47.3. The van der Waals surface area contributed by atoms with Crippen molar-refractivity contribution in [2.75, 3.05) is 4.90 Å². The molecule has 1 aliphatic heterocycles. The van der Waals surface area contributed by atoms with Crippen LogP contribution in [0.15, 0.2) is 128 Å².